The number of amides is 1. The summed E-state index contributed by atoms with van der Waals surface area (Å²) in [6, 6.07) is 0. The summed E-state index contributed by atoms with van der Waals surface area (Å²) in [6.07, 6.45) is 3.93. The van der Waals surface area contributed by atoms with E-state index in [-0.39, 0.29) is 36.1 Å². The third-order valence-electron chi connectivity index (χ3n) is 4.72. The molecule has 0 aromatic rings. The van der Waals surface area contributed by atoms with Crippen LogP contribution in [-0.2, 0) is 4.79 Å². The van der Waals surface area contributed by atoms with Gasteiger partial charge in [0.25, 0.3) is 0 Å². The minimum absolute atomic E-state index is 0. The minimum Gasteiger partial charge on any atom is -0.342 e. The second-order valence-electron chi connectivity index (χ2n) is 6.19. The number of nitrogens with zero attached hydrogens (tertiary/aromatic N) is 2. The number of hydrogen-bond acceptors (Lipinski definition) is 3. The van der Waals surface area contributed by atoms with Crippen LogP contribution < -0.4 is 5.73 Å². The Balaban J connectivity index is 0. The van der Waals surface area contributed by atoms with Crippen LogP contribution in [-0.4, -0.2) is 56.0 Å². The molecule has 0 unspecified atom stereocenters. The molecule has 0 spiro atoms. The van der Waals surface area contributed by atoms with Crippen molar-refractivity contribution in [1.82, 2.24) is 9.80 Å². The maximum Gasteiger partial charge on any atom is 0.230 e. The Morgan fingerprint density at radius 2 is 1.67 bits per heavy atom. The Morgan fingerprint density at radius 3 is 2.00 bits per heavy atom. The van der Waals surface area contributed by atoms with Gasteiger partial charge in [-0.25, -0.2) is 0 Å². The molecule has 1 heterocycles. The van der Waals surface area contributed by atoms with Crippen LogP contribution in [0.15, 0.2) is 0 Å². The Morgan fingerprint density at radius 1 is 1.19 bits per heavy atom. The molecule has 128 valence electrons. The molecule has 0 aromatic heterocycles. The monoisotopic (exact) mass is 341 g/mol. The second kappa shape index (κ2) is 10.7. The Labute approximate surface area is 142 Å². The lowest BCUT2D eigenvalue weighted by Crippen LogP contribution is -2.50. The van der Waals surface area contributed by atoms with Crippen LogP contribution in [0, 0.1) is 11.3 Å². The normalized spacial score (nSPS) is 16.4. The average molecular weight is 342 g/mol. The lowest BCUT2D eigenvalue weighted by atomic mass is 9.80. The fourth-order valence-corrected chi connectivity index (χ4v) is 3.10. The first-order chi connectivity index (χ1) is 8.99. The van der Waals surface area contributed by atoms with Crippen LogP contribution in [0.25, 0.3) is 0 Å². The number of carbonyl (C=O) groups is 1. The van der Waals surface area contributed by atoms with Crippen molar-refractivity contribution in [3.63, 3.8) is 0 Å². The van der Waals surface area contributed by atoms with Crippen molar-refractivity contribution in [2.24, 2.45) is 17.1 Å². The lowest BCUT2D eigenvalue weighted by Gasteiger charge is -2.39. The molecule has 0 radical (unpaired) electrons. The SMILES string of the molecule is CCC(CC)(CN)C(=O)N1CCC(CN(C)C)CC1.Cl.Cl. The third-order valence-corrected chi connectivity index (χ3v) is 4.72. The van der Waals surface area contributed by atoms with E-state index >= 15 is 0 Å². The third kappa shape index (κ3) is 5.93. The highest BCUT2D eigenvalue weighted by Crippen LogP contribution is 2.30. The largest absolute Gasteiger partial charge is 0.342 e. The van der Waals surface area contributed by atoms with E-state index < -0.39 is 0 Å². The lowest BCUT2D eigenvalue weighted by molar-refractivity contribution is -0.143. The summed E-state index contributed by atoms with van der Waals surface area (Å²) in [5, 5.41) is 0. The van der Waals surface area contributed by atoms with Gasteiger partial charge in [0.15, 0.2) is 0 Å². The van der Waals surface area contributed by atoms with Crippen molar-refractivity contribution >= 4 is 30.7 Å². The first-order valence-corrected chi connectivity index (χ1v) is 7.63. The summed E-state index contributed by atoms with van der Waals surface area (Å²) in [4.78, 5) is 17.0. The van der Waals surface area contributed by atoms with Crippen LogP contribution in [0.3, 0.4) is 0 Å². The predicted octanol–water partition coefficient (Wildman–Crippen LogP) is 2.40. The summed E-state index contributed by atoms with van der Waals surface area (Å²) < 4.78 is 0. The molecule has 21 heavy (non-hydrogen) atoms. The highest BCUT2D eigenvalue weighted by atomic mass is 35.5. The summed E-state index contributed by atoms with van der Waals surface area (Å²) in [7, 11) is 4.23. The van der Waals surface area contributed by atoms with Crippen LogP contribution in [0.4, 0.5) is 0 Å². The van der Waals surface area contributed by atoms with E-state index in [0.717, 1.165) is 51.2 Å². The molecule has 2 N–H and O–H groups in total. The van der Waals surface area contributed by atoms with Gasteiger partial charge in [0.05, 0.1) is 5.41 Å². The van der Waals surface area contributed by atoms with Gasteiger partial charge in [0, 0.05) is 26.2 Å². The molecule has 1 rings (SSSR count). The molecule has 0 aromatic carbocycles. The summed E-state index contributed by atoms with van der Waals surface area (Å²) in [5.41, 5.74) is 5.55. The Bertz CT molecular complexity index is 280. The quantitative estimate of drug-likeness (QED) is 0.806. The molecular weight excluding hydrogens is 309 g/mol. The number of hydrogen-bond donors (Lipinski definition) is 1. The standard InChI is InChI=1S/C15H31N3O.2ClH/c1-5-15(6-2,12-16)14(19)18-9-7-13(8-10-18)11-17(3)4;;/h13H,5-12,16H2,1-4H3;2*1H. The van der Waals surface area contributed by atoms with Crippen molar-refractivity contribution < 1.29 is 4.79 Å². The number of halogens is 2. The molecule has 1 fully saturated rings. The highest BCUT2D eigenvalue weighted by Gasteiger charge is 2.37. The summed E-state index contributed by atoms with van der Waals surface area (Å²) in [6.45, 7) is 7.56. The predicted molar refractivity (Wildman–Crippen MR) is 94.4 cm³/mol. The van der Waals surface area contributed by atoms with Crippen molar-refractivity contribution in [2.75, 3.05) is 40.3 Å². The van der Waals surface area contributed by atoms with Crippen molar-refractivity contribution in [2.45, 2.75) is 39.5 Å². The number of nitrogens with two attached hydrogens (primary N) is 1. The fourth-order valence-electron chi connectivity index (χ4n) is 3.10. The van der Waals surface area contributed by atoms with Gasteiger partial charge in [-0.3, -0.25) is 4.79 Å². The average Bonchev–Trinajstić information content (AvgIpc) is 2.41. The second-order valence-corrected chi connectivity index (χ2v) is 6.19. The van der Waals surface area contributed by atoms with Crippen LogP contribution in [0.2, 0.25) is 0 Å². The van der Waals surface area contributed by atoms with Crippen LogP contribution >= 0.6 is 24.8 Å². The summed E-state index contributed by atoms with van der Waals surface area (Å²) in [5.74, 6) is 1.01. The number of carbonyl (C=O) groups excluding carboxylic acids is 1. The van der Waals surface area contributed by atoms with Crippen molar-refractivity contribution in [1.29, 1.82) is 0 Å². The van der Waals surface area contributed by atoms with Crippen LogP contribution in [0.1, 0.15) is 39.5 Å². The molecule has 0 aliphatic carbocycles. The summed E-state index contributed by atoms with van der Waals surface area (Å²) >= 11 is 0. The molecule has 0 atom stereocenters. The number of likely N-dealkylation sites (tertiary alicyclic amines) is 1. The molecule has 0 bridgehead atoms. The van der Waals surface area contributed by atoms with Gasteiger partial charge in [0.2, 0.25) is 5.91 Å². The van der Waals surface area contributed by atoms with E-state index in [1.807, 2.05) is 4.90 Å². The van der Waals surface area contributed by atoms with Gasteiger partial charge in [-0.2, -0.15) is 0 Å². The van der Waals surface area contributed by atoms with Crippen molar-refractivity contribution in [3.8, 4) is 0 Å². The van der Waals surface area contributed by atoms with Gasteiger partial charge in [0.1, 0.15) is 0 Å². The smallest absolute Gasteiger partial charge is 0.230 e. The molecule has 0 saturated carbocycles. The van der Waals surface area contributed by atoms with E-state index in [0.29, 0.717) is 6.54 Å². The highest BCUT2D eigenvalue weighted by molar-refractivity contribution is 5.85. The zero-order valence-electron chi connectivity index (χ0n) is 13.9. The molecule has 4 nitrogen and oxygen atoms in total. The zero-order chi connectivity index (χ0) is 14.5. The van der Waals surface area contributed by atoms with E-state index in [4.69, 9.17) is 5.73 Å². The molecule has 1 aliphatic rings. The topological polar surface area (TPSA) is 49.6 Å². The zero-order valence-corrected chi connectivity index (χ0v) is 15.6. The Hall–Kier alpha value is -0.0300. The van der Waals surface area contributed by atoms with E-state index in [1.54, 1.807) is 0 Å². The number of rotatable bonds is 6. The van der Waals surface area contributed by atoms with Crippen molar-refractivity contribution in [3.05, 3.63) is 0 Å². The van der Waals surface area contributed by atoms with E-state index in [1.165, 1.54) is 0 Å². The van der Waals surface area contributed by atoms with E-state index in [9.17, 15) is 4.79 Å². The van der Waals surface area contributed by atoms with Gasteiger partial charge in [-0.15, -0.1) is 24.8 Å². The van der Waals surface area contributed by atoms with Gasteiger partial charge >= 0.3 is 0 Å². The van der Waals surface area contributed by atoms with Crippen LogP contribution in [0.5, 0.6) is 0 Å². The molecular formula is C15H33Cl2N3O. The number of piperidine rings is 1. The maximum absolute atomic E-state index is 12.7. The van der Waals surface area contributed by atoms with Gasteiger partial charge < -0.3 is 15.5 Å². The first-order valence-electron chi connectivity index (χ1n) is 7.63. The van der Waals surface area contributed by atoms with Gasteiger partial charge in [-0.05, 0) is 45.7 Å². The molecule has 1 amide bonds. The first kappa shape index (κ1) is 23.2. The van der Waals surface area contributed by atoms with E-state index in [2.05, 4.69) is 32.8 Å². The minimum atomic E-state index is -0.325. The maximum atomic E-state index is 12.7. The van der Waals surface area contributed by atoms with Gasteiger partial charge in [-0.1, -0.05) is 13.8 Å². The fraction of sp³-hybridized carbons (Fsp3) is 0.933. The Kier molecular flexibility index (Phi) is 11.8. The molecule has 1 aliphatic heterocycles. The molecule has 6 heteroatoms. The molecule has 1 saturated heterocycles.